The van der Waals surface area contributed by atoms with Crippen LogP contribution in [0.4, 0.5) is 0 Å². The Morgan fingerprint density at radius 3 is 1.53 bits per heavy atom. The highest BCUT2D eigenvalue weighted by Gasteiger charge is 2.19. The van der Waals surface area contributed by atoms with Gasteiger partial charge in [0.2, 0.25) is 0 Å². The fourth-order valence-corrected chi connectivity index (χ4v) is 8.74. The molecule has 7 heteroatoms. The number of aromatic nitrogens is 4. The topological polar surface area (TPSA) is 107 Å². The third-order valence-corrected chi connectivity index (χ3v) is 11.6. The van der Waals surface area contributed by atoms with Crippen molar-refractivity contribution in [3.63, 3.8) is 0 Å². The van der Waals surface area contributed by atoms with Gasteiger partial charge in [-0.3, -0.25) is 0 Å². The van der Waals surface area contributed by atoms with Gasteiger partial charge < -0.3 is 9.13 Å². The van der Waals surface area contributed by atoms with Crippen molar-refractivity contribution in [2.75, 3.05) is 0 Å². The highest BCUT2D eigenvalue weighted by atomic mass is 15.0. The second-order valence-electron chi connectivity index (χ2n) is 15.2. The zero-order valence-corrected chi connectivity index (χ0v) is 33.0. The minimum Gasteiger partial charge on any atom is -0.309 e. The second-order valence-corrected chi connectivity index (χ2v) is 15.2. The van der Waals surface area contributed by atoms with Crippen molar-refractivity contribution in [2.45, 2.75) is 0 Å². The van der Waals surface area contributed by atoms with Crippen LogP contribution in [-0.4, -0.2) is 19.1 Å². The summed E-state index contributed by atoms with van der Waals surface area (Å²) < 4.78 is 4.54. The monoisotopic (exact) mass is 789 g/mol. The van der Waals surface area contributed by atoms with E-state index in [1.54, 1.807) is 18.2 Å². The minimum absolute atomic E-state index is 0.475. The maximum absolute atomic E-state index is 10.7. The van der Waals surface area contributed by atoms with E-state index in [4.69, 9.17) is 9.97 Å². The van der Waals surface area contributed by atoms with E-state index in [9.17, 15) is 15.8 Å². The first kappa shape index (κ1) is 36.0. The maximum Gasteiger partial charge on any atom is 0.160 e. The Hall–Kier alpha value is -9.09. The Morgan fingerprint density at radius 1 is 0.355 bits per heavy atom. The molecule has 3 heterocycles. The van der Waals surface area contributed by atoms with E-state index >= 15 is 0 Å². The molecule has 0 amide bonds. The standard InChI is InChI=1S/C55H31N7/c56-32-35-9-7-11-40(27-35)49-31-48(59-55(60-49)41-12-8-10-36(28-41)33-57)38-21-19-37(20-22-38)39-23-25-50(42(29-39)34-58)62-53-18-6-3-15-46(53)47-30-43(24-26-54(47)62)61-51-16-4-1-13-44(51)45-14-2-5-17-52(45)61/h1-31H. The largest absolute Gasteiger partial charge is 0.309 e. The molecule has 0 atom stereocenters. The molecule has 0 aliphatic rings. The summed E-state index contributed by atoms with van der Waals surface area (Å²) in [6.45, 7) is 0. The highest BCUT2D eigenvalue weighted by molar-refractivity contribution is 6.12. The van der Waals surface area contributed by atoms with Crippen LogP contribution in [0.1, 0.15) is 16.7 Å². The molecule has 11 aromatic rings. The SMILES string of the molecule is N#Cc1cccc(-c2cc(-c3ccc(-c4ccc(-n5c6ccccc6c6cc(-n7c8ccccc8c8ccccc87)ccc65)c(C#N)c4)cc3)nc(-c3cccc(C#N)c3)n2)c1. The average molecular weight is 790 g/mol. The van der Waals surface area contributed by atoms with Crippen LogP contribution >= 0.6 is 0 Å². The average Bonchev–Trinajstić information content (AvgIpc) is 3.86. The molecule has 0 bridgehead atoms. The molecule has 62 heavy (non-hydrogen) atoms. The van der Waals surface area contributed by atoms with E-state index in [0.29, 0.717) is 33.9 Å². The first-order chi connectivity index (χ1) is 30.6. The highest BCUT2D eigenvalue weighted by Crippen LogP contribution is 2.38. The van der Waals surface area contributed by atoms with Crippen molar-refractivity contribution < 1.29 is 0 Å². The molecule has 0 unspecified atom stereocenters. The number of rotatable bonds is 6. The molecule has 0 spiro atoms. The van der Waals surface area contributed by atoms with Gasteiger partial charge in [-0.2, -0.15) is 15.8 Å². The van der Waals surface area contributed by atoms with Crippen LogP contribution in [0, 0.1) is 34.0 Å². The summed E-state index contributed by atoms with van der Waals surface area (Å²) in [6.07, 6.45) is 0. The Morgan fingerprint density at radius 2 is 0.887 bits per heavy atom. The predicted octanol–water partition coefficient (Wildman–Crippen LogP) is 13.0. The summed E-state index contributed by atoms with van der Waals surface area (Å²) in [6, 6.07) is 69.7. The lowest BCUT2D eigenvalue weighted by Gasteiger charge is -2.13. The second kappa shape index (κ2) is 14.6. The lowest BCUT2D eigenvalue weighted by Crippen LogP contribution is -1.99. The molecule has 8 aromatic carbocycles. The van der Waals surface area contributed by atoms with Gasteiger partial charge in [0.1, 0.15) is 6.07 Å². The van der Waals surface area contributed by atoms with E-state index < -0.39 is 0 Å². The van der Waals surface area contributed by atoms with Crippen molar-refractivity contribution in [1.29, 1.82) is 15.8 Å². The minimum atomic E-state index is 0.475. The first-order valence-corrected chi connectivity index (χ1v) is 20.2. The summed E-state index contributed by atoms with van der Waals surface area (Å²) in [5.74, 6) is 0.475. The fraction of sp³-hybridized carbons (Fsp3) is 0. The summed E-state index contributed by atoms with van der Waals surface area (Å²) >= 11 is 0. The number of fused-ring (bicyclic) bond motifs is 6. The summed E-state index contributed by atoms with van der Waals surface area (Å²) in [7, 11) is 0. The number of nitriles is 3. The van der Waals surface area contributed by atoms with Gasteiger partial charge in [0, 0.05) is 43.9 Å². The van der Waals surface area contributed by atoms with Gasteiger partial charge >= 0.3 is 0 Å². The van der Waals surface area contributed by atoms with Crippen molar-refractivity contribution in [3.05, 3.63) is 205 Å². The normalized spacial score (nSPS) is 11.2. The van der Waals surface area contributed by atoms with Crippen LogP contribution in [-0.2, 0) is 0 Å². The van der Waals surface area contributed by atoms with Gasteiger partial charge in [0.05, 0.1) is 68.0 Å². The third kappa shape index (κ3) is 5.96. The molecule has 11 rings (SSSR count). The third-order valence-electron chi connectivity index (χ3n) is 11.6. The lowest BCUT2D eigenvalue weighted by molar-refractivity contribution is 1.16. The smallest absolute Gasteiger partial charge is 0.160 e. The van der Waals surface area contributed by atoms with E-state index in [-0.39, 0.29) is 0 Å². The number of hydrogen-bond acceptors (Lipinski definition) is 5. The van der Waals surface area contributed by atoms with Crippen molar-refractivity contribution in [1.82, 2.24) is 19.1 Å². The number of nitrogens with zero attached hydrogens (tertiary/aromatic N) is 7. The summed E-state index contributed by atoms with van der Waals surface area (Å²) in [5, 5.41) is 34.5. The maximum atomic E-state index is 10.7. The lowest BCUT2D eigenvalue weighted by atomic mass is 9.99. The Labute approximate surface area is 356 Å². The van der Waals surface area contributed by atoms with Crippen LogP contribution in [0.2, 0.25) is 0 Å². The molecule has 0 N–H and O–H groups in total. The molecular weight excluding hydrogens is 759 g/mol. The first-order valence-electron chi connectivity index (χ1n) is 20.2. The van der Waals surface area contributed by atoms with Gasteiger partial charge in [-0.25, -0.2) is 9.97 Å². The van der Waals surface area contributed by atoms with Crippen LogP contribution in [0.15, 0.2) is 188 Å². The molecule has 0 saturated heterocycles. The van der Waals surface area contributed by atoms with Gasteiger partial charge in [-0.15, -0.1) is 0 Å². The van der Waals surface area contributed by atoms with Gasteiger partial charge in [0.15, 0.2) is 5.82 Å². The van der Waals surface area contributed by atoms with Crippen LogP contribution < -0.4 is 0 Å². The van der Waals surface area contributed by atoms with Gasteiger partial charge in [-0.05, 0) is 90.0 Å². The zero-order valence-electron chi connectivity index (χ0n) is 33.0. The molecule has 0 radical (unpaired) electrons. The zero-order chi connectivity index (χ0) is 41.7. The summed E-state index contributed by atoms with van der Waals surface area (Å²) in [5.41, 5.74) is 13.5. The Bertz CT molecular complexity index is 3610. The summed E-state index contributed by atoms with van der Waals surface area (Å²) in [4.78, 5) is 9.83. The molecule has 3 aromatic heterocycles. The number of hydrogen-bond donors (Lipinski definition) is 0. The number of para-hydroxylation sites is 3. The van der Waals surface area contributed by atoms with E-state index in [1.807, 2.05) is 78.9 Å². The molecule has 0 aliphatic carbocycles. The molecule has 0 fully saturated rings. The van der Waals surface area contributed by atoms with Crippen molar-refractivity contribution >= 4 is 43.6 Å². The molecule has 0 saturated carbocycles. The van der Waals surface area contributed by atoms with Crippen LogP contribution in [0.25, 0.3) is 100 Å². The van der Waals surface area contributed by atoms with Gasteiger partial charge in [0.25, 0.3) is 0 Å². The Kier molecular flexibility index (Phi) is 8.50. The molecular formula is C55H31N7. The molecule has 0 aliphatic heterocycles. The van der Waals surface area contributed by atoms with Crippen LogP contribution in [0.3, 0.4) is 0 Å². The van der Waals surface area contributed by atoms with E-state index in [1.165, 1.54) is 10.8 Å². The Balaban J connectivity index is 0.982. The van der Waals surface area contributed by atoms with Crippen LogP contribution in [0.5, 0.6) is 0 Å². The van der Waals surface area contributed by atoms with Gasteiger partial charge in [-0.1, -0.05) is 109 Å². The van der Waals surface area contributed by atoms with Crippen molar-refractivity contribution in [3.8, 4) is 74.6 Å². The molecule has 286 valence electrons. The quantitative estimate of drug-likeness (QED) is 0.167. The number of benzene rings is 8. The fourth-order valence-electron chi connectivity index (χ4n) is 8.74. The van der Waals surface area contributed by atoms with Crippen molar-refractivity contribution in [2.24, 2.45) is 0 Å². The predicted molar refractivity (Wildman–Crippen MR) is 247 cm³/mol. The molecule has 7 nitrogen and oxygen atoms in total. The van der Waals surface area contributed by atoms with E-state index in [0.717, 1.165) is 72.0 Å². The van der Waals surface area contributed by atoms with E-state index in [2.05, 4.69) is 118 Å².